The predicted molar refractivity (Wildman–Crippen MR) is 88.1 cm³/mol. The monoisotopic (exact) mass is 280 g/mol. The average molecular weight is 281 g/mol. The van der Waals surface area contributed by atoms with Crippen LogP contribution in [-0.2, 0) is 0 Å². The van der Waals surface area contributed by atoms with Crippen molar-refractivity contribution in [2.24, 2.45) is 11.3 Å². The van der Waals surface area contributed by atoms with Gasteiger partial charge in [0.2, 0.25) is 0 Å². The summed E-state index contributed by atoms with van der Waals surface area (Å²) in [5, 5.41) is 3.71. The molecule has 0 aromatic heterocycles. The molecule has 118 valence electrons. The maximum atomic E-state index is 3.71. The zero-order valence-corrected chi connectivity index (χ0v) is 14.3. The van der Waals surface area contributed by atoms with Crippen molar-refractivity contribution in [2.45, 2.75) is 84.7 Å². The molecule has 1 N–H and O–H groups in total. The molecule has 0 spiro atoms. The van der Waals surface area contributed by atoms with E-state index in [0.717, 1.165) is 5.92 Å². The van der Waals surface area contributed by atoms with Crippen molar-refractivity contribution in [3.63, 3.8) is 0 Å². The van der Waals surface area contributed by atoms with Crippen LogP contribution in [-0.4, -0.2) is 36.6 Å². The van der Waals surface area contributed by atoms with Crippen LogP contribution in [0.4, 0.5) is 0 Å². The van der Waals surface area contributed by atoms with Gasteiger partial charge in [-0.15, -0.1) is 0 Å². The molecule has 2 heteroatoms. The molecule has 2 fully saturated rings. The molecule has 2 nitrogen and oxygen atoms in total. The van der Waals surface area contributed by atoms with E-state index in [4.69, 9.17) is 0 Å². The van der Waals surface area contributed by atoms with Crippen LogP contribution >= 0.6 is 0 Å². The van der Waals surface area contributed by atoms with Gasteiger partial charge in [-0.05, 0) is 70.4 Å². The topological polar surface area (TPSA) is 15.3 Å². The molecule has 0 aromatic rings. The highest BCUT2D eigenvalue weighted by molar-refractivity contribution is 4.89. The predicted octanol–water partition coefficient (Wildman–Crippen LogP) is 4.06. The fourth-order valence-electron chi connectivity index (χ4n) is 4.57. The number of hydrogen-bond donors (Lipinski definition) is 1. The number of hydrogen-bond acceptors (Lipinski definition) is 2. The van der Waals surface area contributed by atoms with E-state index < -0.39 is 0 Å². The zero-order chi connectivity index (χ0) is 14.6. The third kappa shape index (κ3) is 4.73. The Hall–Kier alpha value is -0.0800. The van der Waals surface area contributed by atoms with Crippen molar-refractivity contribution in [1.82, 2.24) is 10.2 Å². The van der Waals surface area contributed by atoms with Crippen LogP contribution < -0.4 is 5.32 Å². The quantitative estimate of drug-likeness (QED) is 0.835. The molecular weight excluding hydrogens is 244 g/mol. The van der Waals surface area contributed by atoms with Gasteiger partial charge in [0.1, 0.15) is 0 Å². The van der Waals surface area contributed by atoms with Crippen molar-refractivity contribution >= 4 is 0 Å². The Morgan fingerprint density at radius 2 is 1.60 bits per heavy atom. The molecule has 1 aliphatic carbocycles. The minimum atomic E-state index is 0.646. The Kier molecular flexibility index (Phi) is 5.92. The Morgan fingerprint density at radius 3 is 2.10 bits per heavy atom. The Labute approximate surface area is 126 Å². The smallest absolute Gasteiger partial charge is 0.00533 e. The molecule has 1 saturated heterocycles. The summed E-state index contributed by atoms with van der Waals surface area (Å²) in [6.07, 6.45) is 9.94. The van der Waals surface area contributed by atoms with E-state index in [1.807, 2.05) is 0 Å². The summed E-state index contributed by atoms with van der Waals surface area (Å²) in [4.78, 5) is 2.79. The van der Waals surface area contributed by atoms with E-state index in [2.05, 4.69) is 37.9 Å². The molecule has 2 atom stereocenters. The minimum Gasteiger partial charge on any atom is -0.312 e. The van der Waals surface area contributed by atoms with Crippen LogP contribution in [0.1, 0.15) is 72.6 Å². The second-order valence-corrected chi connectivity index (χ2v) is 8.13. The van der Waals surface area contributed by atoms with Gasteiger partial charge < -0.3 is 10.2 Å². The van der Waals surface area contributed by atoms with E-state index in [1.54, 1.807) is 0 Å². The van der Waals surface area contributed by atoms with Crippen LogP contribution in [0.5, 0.6) is 0 Å². The summed E-state index contributed by atoms with van der Waals surface area (Å²) >= 11 is 0. The molecule has 0 amide bonds. The molecule has 1 aliphatic heterocycles. The Balaban J connectivity index is 1.94. The fraction of sp³-hybridized carbons (Fsp3) is 1.00. The van der Waals surface area contributed by atoms with Crippen LogP contribution in [0.15, 0.2) is 0 Å². The van der Waals surface area contributed by atoms with Gasteiger partial charge in [0, 0.05) is 18.6 Å². The van der Waals surface area contributed by atoms with Gasteiger partial charge in [0.15, 0.2) is 0 Å². The van der Waals surface area contributed by atoms with Gasteiger partial charge in [-0.3, -0.25) is 0 Å². The Morgan fingerprint density at radius 1 is 1.05 bits per heavy atom. The molecular formula is C18H36N2. The van der Waals surface area contributed by atoms with E-state index in [1.165, 1.54) is 64.6 Å². The lowest BCUT2D eigenvalue weighted by atomic mass is 9.78. The number of nitrogens with one attached hydrogen (secondary N) is 1. The lowest BCUT2D eigenvalue weighted by Gasteiger charge is -2.39. The highest BCUT2D eigenvalue weighted by Gasteiger charge is 2.36. The minimum absolute atomic E-state index is 0.646. The summed E-state index contributed by atoms with van der Waals surface area (Å²) in [7, 11) is 0. The molecule has 2 rings (SSSR count). The van der Waals surface area contributed by atoms with E-state index >= 15 is 0 Å². The lowest BCUT2D eigenvalue weighted by molar-refractivity contribution is 0.113. The average Bonchev–Trinajstić information content (AvgIpc) is 2.78. The molecule has 0 aromatic carbocycles. The number of rotatable bonds is 4. The first-order chi connectivity index (χ1) is 9.49. The van der Waals surface area contributed by atoms with Gasteiger partial charge in [-0.2, -0.15) is 0 Å². The maximum absolute atomic E-state index is 3.71. The molecule has 1 saturated carbocycles. The maximum Gasteiger partial charge on any atom is 0.00533 e. The molecule has 2 aliphatic rings. The molecule has 0 radical (unpaired) electrons. The molecule has 2 unspecified atom stereocenters. The van der Waals surface area contributed by atoms with E-state index in [9.17, 15) is 0 Å². The normalized spacial score (nSPS) is 32.2. The van der Waals surface area contributed by atoms with E-state index in [0.29, 0.717) is 17.5 Å². The van der Waals surface area contributed by atoms with Gasteiger partial charge in [0.25, 0.3) is 0 Å². The summed E-state index contributed by atoms with van der Waals surface area (Å²) in [5.41, 5.74) is 0.646. The second-order valence-electron chi connectivity index (χ2n) is 8.13. The van der Waals surface area contributed by atoms with Crippen molar-refractivity contribution < 1.29 is 0 Å². The SMILES string of the molecule is CC(C)CC1(CN2CCC(C)NC(C)CC2)CCCC1. The van der Waals surface area contributed by atoms with Crippen molar-refractivity contribution in [3.05, 3.63) is 0 Å². The summed E-state index contributed by atoms with van der Waals surface area (Å²) in [6, 6.07) is 1.36. The first-order valence-corrected chi connectivity index (χ1v) is 8.97. The van der Waals surface area contributed by atoms with Crippen molar-refractivity contribution in [3.8, 4) is 0 Å². The van der Waals surface area contributed by atoms with Gasteiger partial charge in [-0.25, -0.2) is 0 Å². The van der Waals surface area contributed by atoms with Gasteiger partial charge in [-0.1, -0.05) is 26.7 Å². The Bertz CT molecular complexity index is 269. The van der Waals surface area contributed by atoms with Crippen LogP contribution in [0, 0.1) is 11.3 Å². The third-order valence-corrected chi connectivity index (χ3v) is 5.39. The highest BCUT2D eigenvalue weighted by atomic mass is 15.1. The van der Waals surface area contributed by atoms with Crippen LogP contribution in [0.25, 0.3) is 0 Å². The molecule has 20 heavy (non-hydrogen) atoms. The van der Waals surface area contributed by atoms with Gasteiger partial charge >= 0.3 is 0 Å². The largest absolute Gasteiger partial charge is 0.312 e. The van der Waals surface area contributed by atoms with Crippen molar-refractivity contribution in [1.29, 1.82) is 0 Å². The highest BCUT2D eigenvalue weighted by Crippen LogP contribution is 2.43. The molecule has 1 heterocycles. The standard InChI is InChI=1S/C18H36N2/c1-15(2)13-18(9-5-6-10-18)14-20-11-7-16(3)19-17(4)8-12-20/h15-17,19H,5-14H2,1-4H3. The summed E-state index contributed by atoms with van der Waals surface area (Å²) < 4.78 is 0. The van der Waals surface area contributed by atoms with Crippen molar-refractivity contribution in [2.75, 3.05) is 19.6 Å². The third-order valence-electron chi connectivity index (χ3n) is 5.39. The summed E-state index contributed by atoms with van der Waals surface area (Å²) in [6.45, 7) is 13.5. The fourth-order valence-corrected chi connectivity index (χ4v) is 4.57. The van der Waals surface area contributed by atoms with Crippen LogP contribution in [0.3, 0.4) is 0 Å². The number of nitrogens with zero attached hydrogens (tertiary/aromatic N) is 1. The zero-order valence-electron chi connectivity index (χ0n) is 14.3. The summed E-state index contributed by atoms with van der Waals surface area (Å²) in [5.74, 6) is 0.849. The second kappa shape index (κ2) is 7.26. The lowest BCUT2D eigenvalue weighted by Crippen LogP contribution is -2.46. The first kappa shape index (κ1) is 16.3. The molecule has 0 bridgehead atoms. The van der Waals surface area contributed by atoms with E-state index in [-0.39, 0.29) is 0 Å². The van der Waals surface area contributed by atoms with Crippen LogP contribution in [0.2, 0.25) is 0 Å². The van der Waals surface area contributed by atoms with Gasteiger partial charge in [0.05, 0.1) is 0 Å². The first-order valence-electron chi connectivity index (χ1n) is 8.97.